The van der Waals surface area contributed by atoms with Gasteiger partial charge in [-0.1, -0.05) is 29.8 Å². The molecule has 0 spiro atoms. The predicted octanol–water partition coefficient (Wildman–Crippen LogP) is 2.43. The molecule has 2 heterocycles. The van der Waals surface area contributed by atoms with E-state index >= 15 is 0 Å². The molecule has 0 unspecified atom stereocenters. The van der Waals surface area contributed by atoms with Crippen LogP contribution in [0.5, 0.6) is 0 Å². The summed E-state index contributed by atoms with van der Waals surface area (Å²) in [5, 5.41) is 4.21. The van der Waals surface area contributed by atoms with Crippen molar-refractivity contribution in [2.45, 2.75) is 6.54 Å². The summed E-state index contributed by atoms with van der Waals surface area (Å²) in [7, 11) is 0. The molecule has 5 heteroatoms. The van der Waals surface area contributed by atoms with E-state index in [1.165, 1.54) is 0 Å². The van der Waals surface area contributed by atoms with E-state index in [-0.39, 0.29) is 5.56 Å². The van der Waals surface area contributed by atoms with E-state index in [0.717, 1.165) is 11.1 Å². The van der Waals surface area contributed by atoms with Crippen molar-refractivity contribution in [2.24, 2.45) is 0 Å². The van der Waals surface area contributed by atoms with Gasteiger partial charge in [-0.3, -0.25) is 9.89 Å². The van der Waals surface area contributed by atoms with Crippen molar-refractivity contribution in [3.8, 4) is 0 Å². The Hall–Kier alpha value is -2.07. The standard InChI is InChI=1S/C13H10ClN3O/c14-12-6-5-9(7-15-12)8-17-13(18)10-3-1-2-4-11(10)16-17/h1-7,16H,8H2. The predicted molar refractivity (Wildman–Crippen MR) is 70.9 cm³/mol. The van der Waals surface area contributed by atoms with Gasteiger partial charge in [-0.05, 0) is 23.8 Å². The van der Waals surface area contributed by atoms with Crippen molar-refractivity contribution in [1.29, 1.82) is 0 Å². The first kappa shape index (κ1) is 11.0. The minimum Gasteiger partial charge on any atom is -0.295 e. The average molecular weight is 260 g/mol. The maximum atomic E-state index is 12.1. The summed E-state index contributed by atoms with van der Waals surface area (Å²) in [5.41, 5.74) is 1.73. The highest BCUT2D eigenvalue weighted by Crippen LogP contribution is 2.09. The summed E-state index contributed by atoms with van der Waals surface area (Å²) in [6, 6.07) is 11.0. The highest BCUT2D eigenvalue weighted by molar-refractivity contribution is 6.29. The van der Waals surface area contributed by atoms with Crippen molar-refractivity contribution < 1.29 is 0 Å². The van der Waals surface area contributed by atoms with Gasteiger partial charge in [0, 0.05) is 6.20 Å². The molecule has 0 radical (unpaired) electrons. The second kappa shape index (κ2) is 4.31. The van der Waals surface area contributed by atoms with Crippen LogP contribution in [-0.4, -0.2) is 14.8 Å². The molecule has 4 nitrogen and oxygen atoms in total. The number of aromatic nitrogens is 3. The monoisotopic (exact) mass is 259 g/mol. The Balaban J connectivity index is 2.02. The van der Waals surface area contributed by atoms with E-state index in [2.05, 4.69) is 10.1 Å². The lowest BCUT2D eigenvalue weighted by Gasteiger charge is -2.01. The first-order valence-electron chi connectivity index (χ1n) is 5.52. The van der Waals surface area contributed by atoms with Gasteiger partial charge in [-0.2, -0.15) is 0 Å². The maximum absolute atomic E-state index is 12.1. The van der Waals surface area contributed by atoms with Crippen LogP contribution < -0.4 is 5.56 Å². The van der Waals surface area contributed by atoms with Crippen molar-refractivity contribution in [3.05, 3.63) is 63.7 Å². The molecular formula is C13H10ClN3O. The first-order chi connectivity index (χ1) is 8.74. The Kier molecular flexibility index (Phi) is 2.64. The fraction of sp³-hybridized carbons (Fsp3) is 0.0769. The first-order valence-corrected chi connectivity index (χ1v) is 5.90. The Morgan fingerprint density at radius 1 is 1.22 bits per heavy atom. The number of benzene rings is 1. The van der Waals surface area contributed by atoms with Crippen LogP contribution in [0.3, 0.4) is 0 Å². The molecule has 1 N–H and O–H groups in total. The lowest BCUT2D eigenvalue weighted by Crippen LogP contribution is -2.17. The zero-order valence-electron chi connectivity index (χ0n) is 9.43. The van der Waals surface area contributed by atoms with Gasteiger partial charge in [0.2, 0.25) is 0 Å². The van der Waals surface area contributed by atoms with Gasteiger partial charge in [0.1, 0.15) is 5.15 Å². The molecule has 18 heavy (non-hydrogen) atoms. The van der Waals surface area contributed by atoms with Crippen LogP contribution in [0.15, 0.2) is 47.4 Å². The molecule has 0 aliphatic heterocycles. The van der Waals surface area contributed by atoms with Crippen molar-refractivity contribution in [1.82, 2.24) is 14.8 Å². The summed E-state index contributed by atoms with van der Waals surface area (Å²) in [6.07, 6.45) is 1.67. The number of aromatic amines is 1. The van der Waals surface area contributed by atoms with Crippen LogP contribution >= 0.6 is 11.6 Å². The molecule has 3 aromatic rings. The van der Waals surface area contributed by atoms with Gasteiger partial charge in [0.15, 0.2) is 0 Å². The van der Waals surface area contributed by atoms with Gasteiger partial charge in [-0.25, -0.2) is 9.67 Å². The van der Waals surface area contributed by atoms with E-state index in [0.29, 0.717) is 17.1 Å². The van der Waals surface area contributed by atoms with Crippen LogP contribution in [-0.2, 0) is 6.54 Å². The molecule has 90 valence electrons. The molecular weight excluding hydrogens is 250 g/mol. The molecule has 0 aliphatic rings. The Bertz CT molecular complexity index is 743. The molecule has 0 fully saturated rings. The van der Waals surface area contributed by atoms with E-state index in [1.54, 1.807) is 16.9 Å². The third-order valence-corrected chi connectivity index (χ3v) is 3.01. The third kappa shape index (κ3) is 1.91. The number of para-hydroxylation sites is 1. The molecule has 0 saturated heterocycles. The molecule has 0 saturated carbocycles. The van der Waals surface area contributed by atoms with E-state index in [9.17, 15) is 4.79 Å². The molecule has 0 amide bonds. The fourth-order valence-corrected chi connectivity index (χ4v) is 2.01. The van der Waals surface area contributed by atoms with E-state index in [4.69, 9.17) is 11.6 Å². The van der Waals surface area contributed by atoms with Crippen LogP contribution in [0.2, 0.25) is 5.15 Å². The second-order valence-corrected chi connectivity index (χ2v) is 4.43. The summed E-state index contributed by atoms with van der Waals surface area (Å²) in [6.45, 7) is 0.456. The summed E-state index contributed by atoms with van der Waals surface area (Å²) < 4.78 is 1.57. The summed E-state index contributed by atoms with van der Waals surface area (Å²) in [5.74, 6) is 0. The number of rotatable bonds is 2. The normalized spacial score (nSPS) is 10.9. The molecule has 0 aliphatic carbocycles. The van der Waals surface area contributed by atoms with E-state index < -0.39 is 0 Å². The Morgan fingerprint density at radius 2 is 2.06 bits per heavy atom. The van der Waals surface area contributed by atoms with Crippen molar-refractivity contribution >= 4 is 22.5 Å². The highest BCUT2D eigenvalue weighted by Gasteiger charge is 2.06. The minimum absolute atomic E-state index is 0.0273. The number of hydrogen-bond acceptors (Lipinski definition) is 2. The van der Waals surface area contributed by atoms with Gasteiger partial charge >= 0.3 is 0 Å². The number of pyridine rings is 1. The highest BCUT2D eigenvalue weighted by atomic mass is 35.5. The van der Waals surface area contributed by atoms with Crippen LogP contribution in [0.4, 0.5) is 0 Å². The molecule has 0 atom stereocenters. The number of nitrogens with zero attached hydrogens (tertiary/aromatic N) is 2. The van der Waals surface area contributed by atoms with Gasteiger partial charge in [-0.15, -0.1) is 0 Å². The number of fused-ring (bicyclic) bond motifs is 1. The number of hydrogen-bond donors (Lipinski definition) is 1. The quantitative estimate of drug-likeness (QED) is 0.719. The largest absolute Gasteiger partial charge is 0.295 e. The topological polar surface area (TPSA) is 50.7 Å². The Morgan fingerprint density at radius 3 is 2.78 bits per heavy atom. The number of H-pyrrole nitrogens is 1. The lowest BCUT2D eigenvalue weighted by atomic mass is 10.2. The van der Waals surface area contributed by atoms with Crippen LogP contribution in [0.1, 0.15) is 5.56 Å². The zero-order chi connectivity index (χ0) is 12.5. The van der Waals surface area contributed by atoms with Gasteiger partial charge in [0.05, 0.1) is 17.4 Å². The summed E-state index contributed by atoms with van der Waals surface area (Å²) in [4.78, 5) is 16.1. The SMILES string of the molecule is O=c1c2ccccc2[nH]n1Cc1ccc(Cl)nc1. The molecule has 1 aromatic carbocycles. The van der Waals surface area contributed by atoms with E-state index in [1.807, 2.05) is 30.3 Å². The lowest BCUT2D eigenvalue weighted by molar-refractivity contribution is 0.670. The molecule has 3 rings (SSSR count). The fourth-order valence-electron chi connectivity index (χ4n) is 1.90. The maximum Gasteiger partial charge on any atom is 0.274 e. The van der Waals surface area contributed by atoms with Crippen LogP contribution in [0, 0.1) is 0 Å². The smallest absolute Gasteiger partial charge is 0.274 e. The van der Waals surface area contributed by atoms with Crippen LogP contribution in [0.25, 0.3) is 10.9 Å². The minimum atomic E-state index is -0.0273. The Labute approximate surface area is 108 Å². The molecule has 2 aromatic heterocycles. The van der Waals surface area contributed by atoms with Gasteiger partial charge in [0.25, 0.3) is 5.56 Å². The van der Waals surface area contributed by atoms with Crippen molar-refractivity contribution in [3.63, 3.8) is 0 Å². The number of nitrogens with one attached hydrogen (secondary N) is 1. The summed E-state index contributed by atoms with van der Waals surface area (Å²) >= 11 is 5.72. The third-order valence-electron chi connectivity index (χ3n) is 2.79. The van der Waals surface area contributed by atoms with Crippen molar-refractivity contribution in [2.75, 3.05) is 0 Å². The van der Waals surface area contributed by atoms with Gasteiger partial charge < -0.3 is 0 Å². The molecule has 0 bridgehead atoms. The average Bonchev–Trinajstić information content (AvgIpc) is 2.70. The second-order valence-electron chi connectivity index (χ2n) is 4.04. The zero-order valence-corrected chi connectivity index (χ0v) is 10.2. The number of halogens is 1.